The second-order valence-electron chi connectivity index (χ2n) is 5.64. The molecule has 0 bridgehead atoms. The van der Waals surface area contributed by atoms with Crippen LogP contribution >= 0.6 is 0 Å². The Hall–Kier alpha value is -0.810. The van der Waals surface area contributed by atoms with Crippen molar-refractivity contribution in [2.24, 2.45) is 16.3 Å². The lowest BCUT2D eigenvalue weighted by Crippen LogP contribution is -2.47. The van der Waals surface area contributed by atoms with Gasteiger partial charge in [0.1, 0.15) is 5.84 Å². The molecule has 2 atom stereocenters. The van der Waals surface area contributed by atoms with Gasteiger partial charge < -0.3 is 15.7 Å². The molecule has 0 aromatic rings. The van der Waals surface area contributed by atoms with Crippen LogP contribution in [0, 0.1) is 5.41 Å². The molecule has 3 N–H and O–H groups in total. The van der Waals surface area contributed by atoms with Gasteiger partial charge in [0.25, 0.3) is 0 Å². The monoisotopic (exact) mass is 243 g/mol. The van der Waals surface area contributed by atoms with Crippen molar-refractivity contribution in [3.63, 3.8) is 0 Å². The number of amidine groups is 1. The number of oxime groups is 1. The van der Waals surface area contributed by atoms with E-state index in [0.29, 0.717) is 5.84 Å². The van der Waals surface area contributed by atoms with Crippen molar-refractivity contribution >= 4 is 5.84 Å². The fourth-order valence-corrected chi connectivity index (χ4v) is 2.17. The van der Waals surface area contributed by atoms with Crippen LogP contribution in [-0.4, -0.2) is 47.8 Å². The molecule has 5 heteroatoms. The summed E-state index contributed by atoms with van der Waals surface area (Å²) in [7, 11) is 0. The summed E-state index contributed by atoms with van der Waals surface area (Å²) >= 11 is 0. The van der Waals surface area contributed by atoms with Crippen LogP contribution in [-0.2, 0) is 4.74 Å². The van der Waals surface area contributed by atoms with E-state index in [1.54, 1.807) is 0 Å². The second-order valence-corrected chi connectivity index (χ2v) is 5.64. The van der Waals surface area contributed by atoms with Crippen LogP contribution in [0.3, 0.4) is 0 Å². The first-order chi connectivity index (χ1) is 7.85. The van der Waals surface area contributed by atoms with Crippen molar-refractivity contribution in [2.45, 2.75) is 46.3 Å². The third-order valence-corrected chi connectivity index (χ3v) is 3.35. The number of hydrogen-bond donors (Lipinski definition) is 2. The second kappa shape index (κ2) is 5.69. The van der Waals surface area contributed by atoms with E-state index < -0.39 is 0 Å². The molecule has 0 aliphatic carbocycles. The number of hydrogen-bond acceptors (Lipinski definition) is 4. The highest BCUT2D eigenvalue weighted by Gasteiger charge is 2.27. The molecule has 5 nitrogen and oxygen atoms in total. The molecule has 0 radical (unpaired) electrons. The van der Waals surface area contributed by atoms with Gasteiger partial charge in [-0.15, -0.1) is 0 Å². The minimum atomic E-state index is -0.264. The normalized spacial score (nSPS) is 28.4. The maximum Gasteiger partial charge on any atom is 0.144 e. The molecule has 0 unspecified atom stereocenters. The Morgan fingerprint density at radius 1 is 1.41 bits per heavy atom. The molecule has 0 spiro atoms. The summed E-state index contributed by atoms with van der Waals surface area (Å²) in [5.74, 6) is 0.298. The van der Waals surface area contributed by atoms with E-state index in [4.69, 9.17) is 15.7 Å². The number of morpholine rings is 1. The van der Waals surface area contributed by atoms with Crippen LogP contribution in [0.1, 0.15) is 34.1 Å². The largest absolute Gasteiger partial charge is 0.409 e. The van der Waals surface area contributed by atoms with E-state index in [1.807, 2.05) is 13.8 Å². The van der Waals surface area contributed by atoms with Crippen LogP contribution in [0.15, 0.2) is 5.16 Å². The lowest BCUT2D eigenvalue weighted by atomic mass is 9.87. The van der Waals surface area contributed by atoms with Crippen molar-refractivity contribution in [3.05, 3.63) is 0 Å². The lowest BCUT2D eigenvalue weighted by molar-refractivity contribution is -0.0692. The van der Waals surface area contributed by atoms with Crippen LogP contribution in [0.5, 0.6) is 0 Å². The maximum absolute atomic E-state index is 8.72. The van der Waals surface area contributed by atoms with Gasteiger partial charge in [0.15, 0.2) is 0 Å². The van der Waals surface area contributed by atoms with Crippen molar-refractivity contribution in [1.29, 1.82) is 0 Å². The molecular weight excluding hydrogens is 218 g/mol. The fraction of sp³-hybridized carbons (Fsp3) is 0.917. The fourth-order valence-electron chi connectivity index (χ4n) is 2.17. The summed E-state index contributed by atoms with van der Waals surface area (Å²) in [6.07, 6.45) is 1.44. The highest BCUT2D eigenvalue weighted by atomic mass is 16.5. The first-order valence-corrected chi connectivity index (χ1v) is 6.21. The summed E-state index contributed by atoms with van der Waals surface area (Å²) in [6, 6.07) is 0. The van der Waals surface area contributed by atoms with Crippen molar-refractivity contribution in [2.75, 3.05) is 19.6 Å². The quantitative estimate of drug-likeness (QED) is 0.337. The predicted molar refractivity (Wildman–Crippen MR) is 68.3 cm³/mol. The molecule has 1 heterocycles. The molecule has 17 heavy (non-hydrogen) atoms. The zero-order valence-electron chi connectivity index (χ0n) is 11.3. The maximum atomic E-state index is 8.72. The molecule has 1 aliphatic rings. The Labute approximate surface area is 104 Å². The first kappa shape index (κ1) is 14.3. The SMILES string of the molecule is C[C@@H]1CN(CCC(C)(C)C(N)=NO)C[C@H](C)O1. The Bertz CT molecular complexity index is 269. The predicted octanol–water partition coefficient (Wildman–Crippen LogP) is 1.26. The standard InChI is InChI=1S/C12H25N3O2/c1-9-7-15(8-10(2)17-9)6-5-12(3,4)11(13)14-16/h9-10,16H,5-8H2,1-4H3,(H2,13,14)/t9-,10+. The number of ether oxygens (including phenoxy) is 1. The molecule has 1 rings (SSSR count). The summed E-state index contributed by atoms with van der Waals surface area (Å²) in [5, 5.41) is 11.8. The van der Waals surface area contributed by atoms with Gasteiger partial charge in [-0.25, -0.2) is 0 Å². The van der Waals surface area contributed by atoms with E-state index in [2.05, 4.69) is 23.9 Å². The highest BCUT2D eigenvalue weighted by molar-refractivity contribution is 5.85. The Morgan fingerprint density at radius 2 is 1.94 bits per heavy atom. The topological polar surface area (TPSA) is 71.1 Å². The summed E-state index contributed by atoms with van der Waals surface area (Å²) in [6.45, 7) is 11.0. The third-order valence-electron chi connectivity index (χ3n) is 3.35. The molecule has 1 saturated heterocycles. The summed E-state index contributed by atoms with van der Waals surface area (Å²) in [4.78, 5) is 2.38. The molecule has 0 saturated carbocycles. The Balaban J connectivity index is 2.45. The third kappa shape index (κ3) is 4.16. The molecule has 1 fully saturated rings. The van der Waals surface area contributed by atoms with Gasteiger partial charge in [-0.3, -0.25) is 4.90 Å². The molecule has 0 aromatic heterocycles. The van der Waals surface area contributed by atoms with Gasteiger partial charge in [-0.2, -0.15) is 0 Å². The van der Waals surface area contributed by atoms with Crippen LogP contribution in [0.2, 0.25) is 0 Å². The van der Waals surface area contributed by atoms with Crippen LogP contribution < -0.4 is 5.73 Å². The van der Waals surface area contributed by atoms with Crippen molar-refractivity contribution in [3.8, 4) is 0 Å². The zero-order valence-corrected chi connectivity index (χ0v) is 11.3. The molecule has 100 valence electrons. The number of rotatable bonds is 4. The van der Waals surface area contributed by atoms with E-state index in [9.17, 15) is 0 Å². The molecule has 0 amide bonds. The van der Waals surface area contributed by atoms with E-state index in [1.165, 1.54) is 0 Å². The van der Waals surface area contributed by atoms with Gasteiger partial charge in [0, 0.05) is 18.5 Å². The van der Waals surface area contributed by atoms with E-state index >= 15 is 0 Å². The average molecular weight is 243 g/mol. The summed E-state index contributed by atoms with van der Waals surface area (Å²) < 4.78 is 5.69. The highest BCUT2D eigenvalue weighted by Crippen LogP contribution is 2.22. The smallest absolute Gasteiger partial charge is 0.144 e. The minimum absolute atomic E-state index is 0.264. The molecule has 0 aromatic carbocycles. The van der Waals surface area contributed by atoms with Gasteiger partial charge in [0.2, 0.25) is 0 Å². The molecular formula is C12H25N3O2. The van der Waals surface area contributed by atoms with Crippen LogP contribution in [0.25, 0.3) is 0 Å². The number of nitrogens with two attached hydrogens (primary N) is 1. The van der Waals surface area contributed by atoms with E-state index in [-0.39, 0.29) is 17.6 Å². The van der Waals surface area contributed by atoms with Gasteiger partial charge in [-0.1, -0.05) is 19.0 Å². The average Bonchev–Trinajstić information content (AvgIpc) is 2.24. The Morgan fingerprint density at radius 3 is 2.41 bits per heavy atom. The first-order valence-electron chi connectivity index (χ1n) is 6.21. The minimum Gasteiger partial charge on any atom is -0.409 e. The van der Waals surface area contributed by atoms with Crippen molar-refractivity contribution < 1.29 is 9.94 Å². The number of nitrogens with zero attached hydrogens (tertiary/aromatic N) is 2. The Kier molecular flexibility index (Phi) is 4.77. The molecule has 1 aliphatic heterocycles. The van der Waals surface area contributed by atoms with Gasteiger partial charge >= 0.3 is 0 Å². The lowest BCUT2D eigenvalue weighted by Gasteiger charge is -2.36. The van der Waals surface area contributed by atoms with Gasteiger partial charge in [0.05, 0.1) is 12.2 Å². The van der Waals surface area contributed by atoms with E-state index in [0.717, 1.165) is 26.1 Å². The van der Waals surface area contributed by atoms with Crippen molar-refractivity contribution in [1.82, 2.24) is 4.90 Å². The summed E-state index contributed by atoms with van der Waals surface area (Å²) in [5.41, 5.74) is 5.41. The zero-order chi connectivity index (χ0) is 13.1. The van der Waals surface area contributed by atoms with Gasteiger partial charge in [-0.05, 0) is 26.8 Å². The van der Waals surface area contributed by atoms with Crippen LogP contribution in [0.4, 0.5) is 0 Å².